The highest BCUT2D eigenvalue weighted by Crippen LogP contribution is 2.33. The van der Waals surface area contributed by atoms with Crippen LogP contribution in [0.5, 0.6) is 0 Å². The maximum absolute atomic E-state index is 12.4. The van der Waals surface area contributed by atoms with Gasteiger partial charge in [0, 0.05) is 9.49 Å². The minimum absolute atomic E-state index is 0.127. The summed E-state index contributed by atoms with van der Waals surface area (Å²) in [6.07, 6.45) is 3.65. The van der Waals surface area contributed by atoms with Crippen LogP contribution in [-0.2, 0) is 12.8 Å². The van der Waals surface area contributed by atoms with E-state index in [1.54, 1.807) is 0 Å². The molecule has 5 heteroatoms. The average molecular weight is 398 g/mol. The molecule has 1 aliphatic rings. The third-order valence-electron chi connectivity index (χ3n) is 3.73. The predicted octanol–water partition coefficient (Wildman–Crippen LogP) is 3.71. The molecule has 1 aliphatic carbocycles. The number of carbonyl (C=O) groups excluding carboxylic acids is 1. The van der Waals surface area contributed by atoms with Crippen LogP contribution in [0.1, 0.15) is 33.8 Å². The first-order valence-corrected chi connectivity index (χ1v) is 8.57. The standard InChI is InChI=1S/C15H15IN2OS/c16-11-6-2-9(3-7-11)1-4-10-5-8-12-14(13(10)19)20-15(17)18-12/h2-3,6-7,10H,1,4-5,8H2,(H2,17,18). The summed E-state index contributed by atoms with van der Waals surface area (Å²) in [4.78, 5) is 17.5. The second kappa shape index (κ2) is 5.81. The lowest BCUT2D eigenvalue weighted by Gasteiger charge is -2.19. The van der Waals surface area contributed by atoms with Crippen molar-refractivity contribution in [3.8, 4) is 0 Å². The molecule has 2 aromatic rings. The van der Waals surface area contributed by atoms with Gasteiger partial charge in [-0.2, -0.15) is 0 Å². The lowest BCUT2D eigenvalue weighted by atomic mass is 9.85. The summed E-state index contributed by atoms with van der Waals surface area (Å²) in [7, 11) is 0. The quantitative estimate of drug-likeness (QED) is 0.803. The van der Waals surface area contributed by atoms with Crippen LogP contribution >= 0.6 is 33.9 Å². The van der Waals surface area contributed by atoms with Gasteiger partial charge in [0.1, 0.15) is 0 Å². The molecule has 1 unspecified atom stereocenters. The minimum atomic E-state index is 0.127. The van der Waals surface area contributed by atoms with Gasteiger partial charge in [0.2, 0.25) is 0 Å². The maximum Gasteiger partial charge on any atom is 0.180 e. The zero-order valence-electron chi connectivity index (χ0n) is 10.9. The number of aryl methyl sites for hydroxylation is 2. The summed E-state index contributed by atoms with van der Waals surface area (Å²) in [5, 5.41) is 0.515. The first-order valence-electron chi connectivity index (χ1n) is 6.67. The Kier molecular flexibility index (Phi) is 4.07. The second-order valence-corrected chi connectivity index (χ2v) is 7.37. The summed E-state index contributed by atoms with van der Waals surface area (Å²) in [6.45, 7) is 0. The largest absolute Gasteiger partial charge is 0.375 e. The molecule has 0 saturated carbocycles. The lowest BCUT2D eigenvalue weighted by Crippen LogP contribution is -2.21. The van der Waals surface area contributed by atoms with Crippen molar-refractivity contribution < 1.29 is 4.79 Å². The van der Waals surface area contributed by atoms with Crippen LogP contribution in [0.25, 0.3) is 0 Å². The van der Waals surface area contributed by atoms with E-state index >= 15 is 0 Å². The van der Waals surface area contributed by atoms with E-state index in [1.165, 1.54) is 20.5 Å². The number of rotatable bonds is 3. The Balaban J connectivity index is 1.67. The maximum atomic E-state index is 12.4. The van der Waals surface area contributed by atoms with E-state index in [9.17, 15) is 4.79 Å². The molecule has 104 valence electrons. The number of thiazole rings is 1. The molecule has 1 atom stereocenters. The number of halogens is 1. The molecule has 3 nitrogen and oxygen atoms in total. The number of nitrogens with two attached hydrogens (primary N) is 1. The molecule has 1 heterocycles. The Morgan fingerprint density at radius 3 is 2.85 bits per heavy atom. The number of ketones is 1. The Hall–Kier alpha value is -0.950. The molecular weight excluding hydrogens is 383 g/mol. The van der Waals surface area contributed by atoms with Crippen LogP contribution in [0.4, 0.5) is 5.13 Å². The molecule has 1 aromatic heterocycles. The van der Waals surface area contributed by atoms with Crippen LogP contribution in [0.2, 0.25) is 0 Å². The number of Topliss-reactive ketones (excluding diaryl/α,β-unsaturated/α-hetero) is 1. The van der Waals surface area contributed by atoms with Crippen molar-refractivity contribution in [2.24, 2.45) is 5.92 Å². The van der Waals surface area contributed by atoms with Crippen LogP contribution in [0, 0.1) is 9.49 Å². The van der Waals surface area contributed by atoms with Crippen LogP contribution in [0.15, 0.2) is 24.3 Å². The number of nitrogen functional groups attached to an aromatic ring is 1. The van der Waals surface area contributed by atoms with Gasteiger partial charge in [-0.1, -0.05) is 23.5 Å². The molecule has 2 N–H and O–H groups in total. The van der Waals surface area contributed by atoms with Crippen molar-refractivity contribution in [3.63, 3.8) is 0 Å². The van der Waals surface area contributed by atoms with Gasteiger partial charge in [0.15, 0.2) is 10.9 Å². The molecule has 0 fully saturated rings. The Morgan fingerprint density at radius 2 is 2.10 bits per heavy atom. The average Bonchev–Trinajstić information content (AvgIpc) is 2.81. The van der Waals surface area contributed by atoms with Gasteiger partial charge in [0.05, 0.1) is 10.6 Å². The number of aromatic nitrogens is 1. The fraction of sp³-hybridized carbons (Fsp3) is 0.333. The SMILES string of the molecule is Nc1nc2c(s1)C(=O)C(CCc1ccc(I)cc1)CC2. The fourth-order valence-corrected chi connectivity index (χ4v) is 3.88. The van der Waals surface area contributed by atoms with E-state index in [-0.39, 0.29) is 11.7 Å². The second-order valence-electron chi connectivity index (χ2n) is 5.09. The molecule has 3 rings (SSSR count). The summed E-state index contributed by atoms with van der Waals surface area (Å²) >= 11 is 3.64. The van der Waals surface area contributed by atoms with Crippen molar-refractivity contribution in [1.29, 1.82) is 0 Å². The smallest absolute Gasteiger partial charge is 0.180 e. The van der Waals surface area contributed by atoms with Gasteiger partial charge >= 0.3 is 0 Å². The molecule has 0 aliphatic heterocycles. The number of carbonyl (C=O) groups is 1. The molecule has 0 bridgehead atoms. The van der Waals surface area contributed by atoms with Crippen molar-refractivity contribution in [2.75, 3.05) is 5.73 Å². The molecule has 0 amide bonds. The van der Waals surface area contributed by atoms with E-state index in [4.69, 9.17) is 5.73 Å². The van der Waals surface area contributed by atoms with Crippen molar-refractivity contribution in [3.05, 3.63) is 44.0 Å². The summed E-state index contributed by atoms with van der Waals surface area (Å²) < 4.78 is 1.24. The number of benzene rings is 1. The minimum Gasteiger partial charge on any atom is -0.375 e. The summed E-state index contributed by atoms with van der Waals surface area (Å²) in [6, 6.07) is 8.51. The molecule has 1 aromatic carbocycles. The van der Waals surface area contributed by atoms with E-state index in [0.29, 0.717) is 5.13 Å². The van der Waals surface area contributed by atoms with Crippen molar-refractivity contribution >= 4 is 44.8 Å². The molecular formula is C15H15IN2OS. The number of nitrogens with zero attached hydrogens (tertiary/aromatic N) is 1. The summed E-state index contributed by atoms with van der Waals surface area (Å²) in [5.74, 6) is 0.368. The molecule has 0 radical (unpaired) electrons. The van der Waals surface area contributed by atoms with Gasteiger partial charge in [-0.15, -0.1) is 0 Å². The number of hydrogen-bond acceptors (Lipinski definition) is 4. The van der Waals surface area contributed by atoms with E-state index in [1.807, 2.05) is 0 Å². The highest BCUT2D eigenvalue weighted by Gasteiger charge is 2.30. The van der Waals surface area contributed by atoms with E-state index in [0.717, 1.165) is 36.3 Å². The van der Waals surface area contributed by atoms with Gasteiger partial charge in [-0.05, 0) is 66.0 Å². The fourth-order valence-electron chi connectivity index (χ4n) is 2.63. The van der Waals surface area contributed by atoms with Gasteiger partial charge in [-0.25, -0.2) is 4.98 Å². The molecule has 0 spiro atoms. The van der Waals surface area contributed by atoms with Gasteiger partial charge in [0.25, 0.3) is 0 Å². The van der Waals surface area contributed by atoms with Crippen molar-refractivity contribution in [2.45, 2.75) is 25.7 Å². The first-order chi connectivity index (χ1) is 9.63. The zero-order valence-corrected chi connectivity index (χ0v) is 13.9. The Labute approximate surface area is 135 Å². The van der Waals surface area contributed by atoms with E-state index in [2.05, 4.69) is 51.8 Å². The highest BCUT2D eigenvalue weighted by molar-refractivity contribution is 14.1. The van der Waals surface area contributed by atoms with Crippen molar-refractivity contribution in [1.82, 2.24) is 4.98 Å². The van der Waals surface area contributed by atoms with Gasteiger partial charge < -0.3 is 5.73 Å². The monoisotopic (exact) mass is 398 g/mol. The lowest BCUT2D eigenvalue weighted by molar-refractivity contribution is 0.0899. The van der Waals surface area contributed by atoms with Crippen LogP contribution in [0.3, 0.4) is 0 Å². The Bertz CT molecular complexity index is 636. The Morgan fingerprint density at radius 1 is 1.35 bits per heavy atom. The third kappa shape index (κ3) is 2.88. The highest BCUT2D eigenvalue weighted by atomic mass is 127. The first kappa shape index (κ1) is 14.0. The van der Waals surface area contributed by atoms with Crippen LogP contribution in [-0.4, -0.2) is 10.8 Å². The molecule has 0 saturated heterocycles. The molecule has 20 heavy (non-hydrogen) atoms. The number of anilines is 1. The number of fused-ring (bicyclic) bond motifs is 1. The van der Waals surface area contributed by atoms with E-state index < -0.39 is 0 Å². The zero-order chi connectivity index (χ0) is 14.1. The number of hydrogen-bond donors (Lipinski definition) is 1. The summed E-state index contributed by atoms with van der Waals surface area (Å²) in [5.41, 5.74) is 7.90. The third-order valence-corrected chi connectivity index (χ3v) is 5.39. The predicted molar refractivity (Wildman–Crippen MR) is 90.1 cm³/mol. The normalized spacial score (nSPS) is 18.1. The van der Waals surface area contributed by atoms with Crippen LogP contribution < -0.4 is 5.73 Å². The van der Waals surface area contributed by atoms with Gasteiger partial charge in [-0.3, -0.25) is 4.79 Å². The topological polar surface area (TPSA) is 56.0 Å².